The van der Waals surface area contributed by atoms with Crippen LogP contribution in [0.5, 0.6) is 17.2 Å². The highest BCUT2D eigenvalue weighted by atomic mass is 16.5. The maximum atomic E-state index is 12.3. The number of ether oxygens (including phenoxy) is 1. The molecule has 0 spiro atoms. The highest BCUT2D eigenvalue weighted by molar-refractivity contribution is 5.71. The Balaban J connectivity index is 0.000000584. The standard InChI is InChI=1S/C40H62O6.C35H62O3/c1-37(2,3)29-21-25(22-30(33(29)41)38(4,5)6)19-27(35(43)44)17-15-13-14-16-18-28(36(45)46)20-26-23-31(39(7,8)9)34(42)32(24-26)40(10,11)12;1-8-9-10-11-12-13-14-15-16-17-18-19-20-21-22-23-26-38-32(36)25-24-29-27-30(34(2,3)4)33(37)31(28-29)35(5,6)7/h21-24,27-28,41-42H,13-20H2,1-12H3,(H,43,44)(H,45,46);27-28,37H,8-26H2,1-7H3. The van der Waals surface area contributed by atoms with Gasteiger partial charge in [-0.2, -0.15) is 0 Å². The molecule has 0 saturated heterocycles. The van der Waals surface area contributed by atoms with E-state index in [0.29, 0.717) is 62.4 Å². The lowest BCUT2D eigenvalue weighted by molar-refractivity contribution is -0.144. The summed E-state index contributed by atoms with van der Waals surface area (Å²) in [5, 5.41) is 53.1. The van der Waals surface area contributed by atoms with Crippen molar-refractivity contribution in [3.05, 3.63) is 86.5 Å². The molecule has 0 fully saturated rings. The largest absolute Gasteiger partial charge is 0.507 e. The van der Waals surface area contributed by atoms with Crippen molar-refractivity contribution in [2.75, 3.05) is 6.61 Å². The van der Waals surface area contributed by atoms with Gasteiger partial charge in [0.05, 0.1) is 18.4 Å². The van der Waals surface area contributed by atoms with Crippen LogP contribution >= 0.6 is 0 Å². The minimum atomic E-state index is -0.813. The molecule has 3 rings (SSSR count). The van der Waals surface area contributed by atoms with Crippen molar-refractivity contribution in [3.8, 4) is 17.2 Å². The number of aliphatic carboxylic acids is 2. The lowest BCUT2D eigenvalue weighted by Gasteiger charge is -2.28. The Morgan fingerprint density at radius 1 is 0.369 bits per heavy atom. The van der Waals surface area contributed by atoms with Crippen LogP contribution in [0.2, 0.25) is 0 Å². The Morgan fingerprint density at radius 2 is 0.607 bits per heavy atom. The Kier molecular flexibility index (Phi) is 31.2. The molecule has 2 atom stereocenters. The first-order valence-corrected chi connectivity index (χ1v) is 33.0. The van der Waals surface area contributed by atoms with Gasteiger partial charge in [-0.15, -0.1) is 0 Å². The first-order chi connectivity index (χ1) is 38.8. The molecular formula is C75H124O9. The second kappa shape index (κ2) is 34.7. The molecule has 3 aromatic carbocycles. The molecule has 0 radical (unpaired) electrons. The summed E-state index contributed by atoms with van der Waals surface area (Å²) in [6.07, 6.45) is 27.6. The maximum absolute atomic E-state index is 12.3. The van der Waals surface area contributed by atoms with Gasteiger partial charge in [-0.3, -0.25) is 14.4 Å². The molecule has 9 heteroatoms. The average Bonchev–Trinajstić information content (AvgIpc) is 2.44. The van der Waals surface area contributed by atoms with Crippen LogP contribution in [0.25, 0.3) is 0 Å². The number of hydrogen-bond acceptors (Lipinski definition) is 7. The van der Waals surface area contributed by atoms with E-state index in [0.717, 1.165) is 88.6 Å². The van der Waals surface area contributed by atoms with Crippen LogP contribution in [0.4, 0.5) is 0 Å². The van der Waals surface area contributed by atoms with E-state index in [1.54, 1.807) is 0 Å². The fraction of sp³-hybridized carbons (Fsp3) is 0.720. The predicted octanol–water partition coefficient (Wildman–Crippen LogP) is 20.5. The van der Waals surface area contributed by atoms with Gasteiger partial charge in [0.1, 0.15) is 17.2 Å². The number of benzene rings is 3. The van der Waals surface area contributed by atoms with Crippen molar-refractivity contribution >= 4 is 17.9 Å². The average molecular weight is 1170 g/mol. The number of carboxylic acids is 2. The normalized spacial score (nSPS) is 13.3. The van der Waals surface area contributed by atoms with E-state index in [9.17, 15) is 39.9 Å². The van der Waals surface area contributed by atoms with Gasteiger partial charge in [-0.05, 0) is 121 Å². The Labute approximate surface area is 513 Å². The molecule has 0 aliphatic carbocycles. The highest BCUT2D eigenvalue weighted by Gasteiger charge is 2.31. The minimum Gasteiger partial charge on any atom is -0.507 e. The summed E-state index contributed by atoms with van der Waals surface area (Å²) in [5.74, 6) is -1.82. The van der Waals surface area contributed by atoms with Gasteiger partial charge >= 0.3 is 17.9 Å². The number of carbonyl (C=O) groups is 3. The predicted molar refractivity (Wildman–Crippen MR) is 353 cm³/mol. The molecular weight excluding hydrogens is 1040 g/mol. The number of phenols is 3. The third kappa shape index (κ3) is 27.4. The van der Waals surface area contributed by atoms with Crippen molar-refractivity contribution in [1.29, 1.82) is 0 Å². The Bertz CT molecular complexity index is 2240. The van der Waals surface area contributed by atoms with Crippen molar-refractivity contribution in [2.45, 2.75) is 331 Å². The van der Waals surface area contributed by atoms with Crippen LogP contribution in [0, 0.1) is 11.8 Å². The smallest absolute Gasteiger partial charge is 0.306 e. The van der Waals surface area contributed by atoms with Crippen molar-refractivity contribution in [1.82, 2.24) is 0 Å². The van der Waals surface area contributed by atoms with Crippen LogP contribution in [0.15, 0.2) is 36.4 Å². The third-order valence-corrected chi connectivity index (χ3v) is 16.8. The van der Waals surface area contributed by atoms with E-state index >= 15 is 0 Å². The van der Waals surface area contributed by atoms with E-state index in [4.69, 9.17) is 4.74 Å². The molecule has 478 valence electrons. The monoisotopic (exact) mass is 1170 g/mol. The summed E-state index contributed by atoms with van der Waals surface area (Å²) in [6, 6.07) is 12.0. The lowest BCUT2D eigenvalue weighted by Crippen LogP contribution is -2.21. The fourth-order valence-corrected chi connectivity index (χ4v) is 11.4. The lowest BCUT2D eigenvalue weighted by atomic mass is 9.77. The second-order valence-corrected chi connectivity index (χ2v) is 31.1. The molecule has 5 N–H and O–H groups in total. The van der Waals surface area contributed by atoms with E-state index in [-0.39, 0.29) is 38.5 Å². The van der Waals surface area contributed by atoms with Crippen molar-refractivity contribution in [3.63, 3.8) is 0 Å². The number of unbranched alkanes of at least 4 members (excludes halogenated alkanes) is 18. The van der Waals surface area contributed by atoms with Crippen LogP contribution in [0.1, 0.15) is 329 Å². The molecule has 3 aromatic rings. The number of carbonyl (C=O) groups excluding carboxylic acids is 1. The first kappa shape index (κ1) is 75.6. The third-order valence-electron chi connectivity index (χ3n) is 16.8. The van der Waals surface area contributed by atoms with Crippen LogP contribution in [-0.4, -0.2) is 50.0 Å². The van der Waals surface area contributed by atoms with Gasteiger partial charge < -0.3 is 30.3 Å². The van der Waals surface area contributed by atoms with Gasteiger partial charge in [0.2, 0.25) is 0 Å². The number of phenolic OH excluding ortho intramolecular Hbond substituents is 3. The van der Waals surface area contributed by atoms with Gasteiger partial charge in [0, 0.05) is 6.42 Å². The second-order valence-electron chi connectivity index (χ2n) is 31.1. The summed E-state index contributed by atoms with van der Waals surface area (Å²) < 4.78 is 5.51. The van der Waals surface area contributed by atoms with Crippen molar-refractivity contribution < 1.29 is 44.7 Å². The molecule has 0 heterocycles. The van der Waals surface area contributed by atoms with Crippen LogP contribution < -0.4 is 0 Å². The number of carboxylic acid groups (broad SMARTS) is 2. The zero-order valence-electron chi connectivity index (χ0n) is 57.1. The quantitative estimate of drug-likeness (QED) is 0.0295. The zero-order valence-corrected chi connectivity index (χ0v) is 57.1. The molecule has 0 aliphatic rings. The number of aromatic hydroxyl groups is 3. The van der Waals surface area contributed by atoms with Crippen LogP contribution in [-0.2, 0) is 70.9 Å². The Morgan fingerprint density at radius 3 is 0.857 bits per heavy atom. The first-order valence-electron chi connectivity index (χ1n) is 33.0. The van der Waals surface area contributed by atoms with Gasteiger partial charge in [0.25, 0.3) is 0 Å². The number of rotatable bonds is 33. The summed E-state index contributed by atoms with van der Waals surface area (Å²) in [4.78, 5) is 36.8. The number of aryl methyl sites for hydroxylation is 1. The zero-order chi connectivity index (χ0) is 63.9. The summed E-state index contributed by atoms with van der Waals surface area (Å²) in [7, 11) is 0. The Hall–Kier alpha value is -4.53. The summed E-state index contributed by atoms with van der Waals surface area (Å²) >= 11 is 0. The van der Waals surface area contributed by atoms with E-state index < -0.39 is 23.8 Å². The van der Waals surface area contributed by atoms with E-state index in [1.807, 2.05) is 24.3 Å². The fourth-order valence-electron chi connectivity index (χ4n) is 11.4. The minimum absolute atomic E-state index is 0.117. The molecule has 0 aromatic heterocycles. The summed E-state index contributed by atoms with van der Waals surface area (Å²) in [6.45, 7) is 40.2. The summed E-state index contributed by atoms with van der Waals surface area (Å²) in [5.41, 5.74) is 6.76. The van der Waals surface area contributed by atoms with Gasteiger partial charge in [-0.25, -0.2) is 0 Å². The van der Waals surface area contributed by atoms with E-state index in [2.05, 4.69) is 144 Å². The SMILES string of the molecule is CC(C)(C)c1cc(CC(CCCCCCC(Cc2cc(C(C)(C)C)c(O)c(C(C)(C)C)c2)C(=O)O)C(=O)O)cc(C(C)(C)C)c1O.CCCCCCCCCCCCCCCCCCOC(=O)CCc1cc(C(C)(C)C)c(O)c(C(C)(C)C)c1. The molecule has 84 heavy (non-hydrogen) atoms. The molecule has 0 aliphatic heterocycles. The molecule has 0 saturated carbocycles. The van der Waals surface area contributed by atoms with Gasteiger partial charge in [-0.1, -0.05) is 290 Å². The van der Waals surface area contributed by atoms with Crippen LogP contribution in [0.3, 0.4) is 0 Å². The molecule has 0 bridgehead atoms. The molecule has 9 nitrogen and oxygen atoms in total. The topological polar surface area (TPSA) is 162 Å². The van der Waals surface area contributed by atoms with E-state index in [1.165, 1.54) is 89.9 Å². The molecule has 0 amide bonds. The number of esters is 1. The van der Waals surface area contributed by atoms with Crippen molar-refractivity contribution in [2.24, 2.45) is 11.8 Å². The maximum Gasteiger partial charge on any atom is 0.306 e. The highest BCUT2D eigenvalue weighted by Crippen LogP contribution is 2.43. The van der Waals surface area contributed by atoms with Gasteiger partial charge in [0.15, 0.2) is 0 Å². The molecule has 2 unspecified atom stereocenters. The number of hydrogen-bond donors (Lipinski definition) is 5.